The highest BCUT2D eigenvalue weighted by Gasteiger charge is 2.30. The van der Waals surface area contributed by atoms with E-state index in [1.807, 2.05) is 48.7 Å². The van der Waals surface area contributed by atoms with E-state index in [4.69, 9.17) is 4.74 Å². The molecule has 0 saturated carbocycles. The molecule has 0 aliphatic carbocycles. The number of likely N-dealkylation sites (tertiary alicyclic amines) is 1. The first-order valence-corrected chi connectivity index (χ1v) is 10.7. The van der Waals surface area contributed by atoms with Gasteiger partial charge in [0.2, 0.25) is 0 Å². The molecule has 3 rings (SSSR count). The summed E-state index contributed by atoms with van der Waals surface area (Å²) in [6, 6.07) is 11.5. The maximum absolute atomic E-state index is 12.4. The predicted molar refractivity (Wildman–Crippen MR) is 112 cm³/mol. The molecule has 7 heteroatoms. The van der Waals surface area contributed by atoms with E-state index in [0.717, 1.165) is 11.1 Å². The molecule has 1 aromatic heterocycles. The maximum atomic E-state index is 12.4. The van der Waals surface area contributed by atoms with Crippen molar-refractivity contribution in [2.45, 2.75) is 39.3 Å². The van der Waals surface area contributed by atoms with Gasteiger partial charge in [0.15, 0.2) is 6.10 Å². The van der Waals surface area contributed by atoms with Gasteiger partial charge in [-0.05, 0) is 43.7 Å². The van der Waals surface area contributed by atoms with Crippen LogP contribution in [0.4, 0.5) is 0 Å². The number of hydrogen-bond donors (Lipinski definition) is 1. The Balaban J connectivity index is 1.42. The van der Waals surface area contributed by atoms with Gasteiger partial charge < -0.3 is 15.0 Å². The molecule has 1 aromatic carbocycles. The molecule has 0 unspecified atom stereocenters. The molecule has 0 bridgehead atoms. The molecule has 1 aliphatic heterocycles. The van der Waals surface area contributed by atoms with Gasteiger partial charge in [0.05, 0.1) is 10.8 Å². The second-order valence-corrected chi connectivity index (χ2v) is 8.27. The summed E-state index contributed by atoms with van der Waals surface area (Å²) in [7, 11) is 0. The van der Waals surface area contributed by atoms with E-state index in [1.54, 1.807) is 11.8 Å². The Kier molecular flexibility index (Phi) is 7.04. The average Bonchev–Trinajstić information content (AvgIpc) is 3.27. The monoisotopic (exact) mass is 414 g/mol. The van der Waals surface area contributed by atoms with E-state index in [1.165, 1.54) is 11.3 Å². The minimum atomic E-state index is -0.848. The van der Waals surface area contributed by atoms with Crippen LogP contribution < -0.4 is 5.32 Å². The summed E-state index contributed by atoms with van der Waals surface area (Å²) >= 11 is 1.42. The first-order valence-electron chi connectivity index (χ1n) is 9.80. The van der Waals surface area contributed by atoms with Gasteiger partial charge in [-0.25, -0.2) is 0 Å². The number of ether oxygens (including phenoxy) is 1. The molecule has 1 aliphatic rings. The highest BCUT2D eigenvalue weighted by molar-refractivity contribution is 7.12. The Morgan fingerprint density at radius 2 is 1.86 bits per heavy atom. The number of piperidine rings is 1. The molecular weight excluding hydrogens is 388 g/mol. The zero-order chi connectivity index (χ0) is 20.8. The standard InChI is InChI=1S/C22H26N2O4S/c1-15-5-7-17(8-6-15)14-23-20(25)16(2)28-22(27)18-9-11-24(12-10-18)21(26)19-4-3-13-29-19/h3-8,13,16,18H,9-12,14H2,1-2H3,(H,23,25)/t16-/m1/s1. The number of benzene rings is 1. The van der Waals surface area contributed by atoms with Crippen LogP contribution in [0, 0.1) is 12.8 Å². The van der Waals surface area contributed by atoms with E-state index in [-0.39, 0.29) is 23.7 Å². The van der Waals surface area contributed by atoms with Crippen LogP contribution >= 0.6 is 11.3 Å². The van der Waals surface area contributed by atoms with Crippen LogP contribution in [0.25, 0.3) is 0 Å². The van der Waals surface area contributed by atoms with E-state index in [0.29, 0.717) is 37.4 Å². The third kappa shape index (κ3) is 5.67. The van der Waals surface area contributed by atoms with Crippen molar-refractivity contribution in [3.63, 3.8) is 0 Å². The van der Waals surface area contributed by atoms with Crippen LogP contribution in [0.2, 0.25) is 0 Å². The lowest BCUT2D eigenvalue weighted by Gasteiger charge is -2.31. The number of aryl methyl sites for hydroxylation is 1. The van der Waals surface area contributed by atoms with E-state index >= 15 is 0 Å². The van der Waals surface area contributed by atoms with Crippen LogP contribution in [0.15, 0.2) is 41.8 Å². The van der Waals surface area contributed by atoms with Crippen molar-refractivity contribution in [1.29, 1.82) is 0 Å². The van der Waals surface area contributed by atoms with Crippen LogP contribution in [0.1, 0.15) is 40.6 Å². The van der Waals surface area contributed by atoms with Gasteiger partial charge in [0.25, 0.3) is 11.8 Å². The summed E-state index contributed by atoms with van der Waals surface area (Å²) in [6.07, 6.45) is 0.250. The summed E-state index contributed by atoms with van der Waals surface area (Å²) in [5.41, 5.74) is 2.15. The minimum absolute atomic E-state index is 0.00988. The normalized spacial score (nSPS) is 15.6. The lowest BCUT2D eigenvalue weighted by molar-refractivity contribution is -0.160. The molecule has 1 saturated heterocycles. The Morgan fingerprint density at radius 3 is 2.48 bits per heavy atom. The molecule has 2 heterocycles. The highest BCUT2D eigenvalue weighted by Crippen LogP contribution is 2.22. The highest BCUT2D eigenvalue weighted by atomic mass is 32.1. The molecule has 1 atom stereocenters. The molecule has 6 nitrogen and oxygen atoms in total. The number of nitrogens with one attached hydrogen (secondary N) is 1. The van der Waals surface area contributed by atoms with Gasteiger partial charge in [-0.2, -0.15) is 0 Å². The van der Waals surface area contributed by atoms with Crippen LogP contribution in [-0.2, 0) is 20.9 Å². The SMILES string of the molecule is Cc1ccc(CNC(=O)[C@@H](C)OC(=O)C2CCN(C(=O)c3cccs3)CC2)cc1. The zero-order valence-electron chi connectivity index (χ0n) is 16.7. The number of hydrogen-bond acceptors (Lipinski definition) is 5. The van der Waals surface area contributed by atoms with Crippen LogP contribution in [0.5, 0.6) is 0 Å². The van der Waals surface area contributed by atoms with Gasteiger partial charge in [0, 0.05) is 19.6 Å². The van der Waals surface area contributed by atoms with Crippen molar-refractivity contribution in [2.75, 3.05) is 13.1 Å². The maximum Gasteiger partial charge on any atom is 0.309 e. The van der Waals surface area contributed by atoms with E-state index in [2.05, 4.69) is 5.32 Å². The first-order chi connectivity index (χ1) is 13.9. The number of thiophene rings is 1. The molecule has 154 valence electrons. The molecule has 0 radical (unpaired) electrons. The Bertz CT molecular complexity index is 840. The van der Waals surface area contributed by atoms with Crippen molar-refractivity contribution in [2.24, 2.45) is 5.92 Å². The zero-order valence-corrected chi connectivity index (χ0v) is 17.5. The second kappa shape index (κ2) is 9.69. The predicted octanol–water partition coefficient (Wildman–Crippen LogP) is 3.16. The van der Waals surface area contributed by atoms with Gasteiger partial charge in [-0.15, -0.1) is 11.3 Å². The molecule has 2 amide bonds. The Morgan fingerprint density at radius 1 is 1.17 bits per heavy atom. The number of amides is 2. The molecule has 2 aromatic rings. The van der Waals surface area contributed by atoms with Gasteiger partial charge >= 0.3 is 5.97 Å². The fourth-order valence-corrected chi connectivity index (χ4v) is 3.93. The van der Waals surface area contributed by atoms with Crippen LogP contribution in [0.3, 0.4) is 0 Å². The van der Waals surface area contributed by atoms with Crippen molar-refractivity contribution in [3.05, 3.63) is 57.8 Å². The summed E-state index contributed by atoms with van der Waals surface area (Å²) < 4.78 is 5.37. The van der Waals surface area contributed by atoms with Gasteiger partial charge in [0.1, 0.15) is 0 Å². The fourth-order valence-electron chi connectivity index (χ4n) is 3.24. The van der Waals surface area contributed by atoms with Crippen molar-refractivity contribution in [1.82, 2.24) is 10.2 Å². The molecular formula is C22H26N2O4S. The van der Waals surface area contributed by atoms with Gasteiger partial charge in [-0.3, -0.25) is 14.4 Å². The number of esters is 1. The largest absolute Gasteiger partial charge is 0.452 e. The molecule has 0 spiro atoms. The summed E-state index contributed by atoms with van der Waals surface area (Å²) in [5, 5.41) is 4.67. The lowest BCUT2D eigenvalue weighted by Crippen LogP contribution is -2.42. The lowest BCUT2D eigenvalue weighted by atomic mass is 9.97. The average molecular weight is 415 g/mol. The topological polar surface area (TPSA) is 75.7 Å². The fraction of sp³-hybridized carbons (Fsp3) is 0.409. The third-order valence-electron chi connectivity index (χ3n) is 5.10. The van der Waals surface area contributed by atoms with E-state index < -0.39 is 6.10 Å². The molecule has 1 fully saturated rings. The quantitative estimate of drug-likeness (QED) is 0.737. The van der Waals surface area contributed by atoms with Crippen LogP contribution in [-0.4, -0.2) is 41.9 Å². The van der Waals surface area contributed by atoms with Crippen molar-refractivity contribution in [3.8, 4) is 0 Å². The first kappa shape index (κ1) is 21.0. The number of carbonyl (C=O) groups excluding carboxylic acids is 3. The third-order valence-corrected chi connectivity index (χ3v) is 5.95. The summed E-state index contributed by atoms with van der Waals surface area (Å²) in [4.78, 5) is 39.5. The Hall–Kier alpha value is -2.67. The van der Waals surface area contributed by atoms with E-state index in [9.17, 15) is 14.4 Å². The number of nitrogens with zero attached hydrogens (tertiary/aromatic N) is 1. The number of rotatable bonds is 6. The van der Waals surface area contributed by atoms with Crippen molar-refractivity contribution < 1.29 is 19.1 Å². The summed E-state index contributed by atoms with van der Waals surface area (Å²) in [6.45, 7) is 5.02. The van der Waals surface area contributed by atoms with Gasteiger partial charge in [-0.1, -0.05) is 35.9 Å². The number of carbonyl (C=O) groups is 3. The Labute approximate surface area is 174 Å². The summed E-state index contributed by atoms with van der Waals surface area (Å²) in [5.74, 6) is -0.958. The molecule has 29 heavy (non-hydrogen) atoms. The minimum Gasteiger partial charge on any atom is -0.452 e. The molecule has 1 N–H and O–H groups in total. The second-order valence-electron chi connectivity index (χ2n) is 7.33. The smallest absolute Gasteiger partial charge is 0.309 e. The van der Waals surface area contributed by atoms with Crippen molar-refractivity contribution >= 4 is 29.1 Å².